The highest BCUT2D eigenvalue weighted by Crippen LogP contribution is 2.36. The first-order valence-electron chi connectivity index (χ1n) is 9.43. The summed E-state index contributed by atoms with van der Waals surface area (Å²) in [5, 5.41) is 18.3. The van der Waals surface area contributed by atoms with Crippen molar-refractivity contribution in [3.63, 3.8) is 0 Å². The van der Waals surface area contributed by atoms with Gasteiger partial charge >= 0.3 is 0 Å². The number of aromatic nitrogens is 2. The third kappa shape index (κ3) is 4.06. The second-order valence-corrected chi connectivity index (χ2v) is 8.14. The fourth-order valence-electron chi connectivity index (χ4n) is 3.49. The Morgan fingerprint density at radius 3 is 2.84 bits per heavy atom. The molecular weight excluding hydrogens is 423 g/mol. The van der Waals surface area contributed by atoms with Crippen molar-refractivity contribution in [2.45, 2.75) is 24.3 Å². The van der Waals surface area contributed by atoms with E-state index in [0.717, 1.165) is 10.6 Å². The number of fused-ring (bicyclic) bond motifs is 1. The lowest BCUT2D eigenvalue weighted by Crippen LogP contribution is -2.35. The standard InChI is InChI=1S/C21H17FN4O4S/c1-12-10-18(27)20(24-25(12)16-4-2-3-5-17(16)26(29)30)21(28)23-15-8-9-31-19-7-6-13(22)11-14(15)19/h2-7,10-11,15H,8-9H2,1H3,(H,23,28). The summed E-state index contributed by atoms with van der Waals surface area (Å²) in [4.78, 5) is 37.1. The highest BCUT2D eigenvalue weighted by Gasteiger charge is 2.26. The van der Waals surface area contributed by atoms with Crippen molar-refractivity contribution in [1.82, 2.24) is 15.1 Å². The molecule has 2 aromatic carbocycles. The molecule has 0 saturated carbocycles. The minimum absolute atomic E-state index is 0.139. The molecule has 1 unspecified atom stereocenters. The summed E-state index contributed by atoms with van der Waals surface area (Å²) in [5.41, 5.74) is -0.0650. The third-order valence-electron chi connectivity index (χ3n) is 4.95. The van der Waals surface area contributed by atoms with E-state index in [1.165, 1.54) is 41.1 Å². The number of para-hydroxylation sites is 2. The van der Waals surface area contributed by atoms with Crippen molar-refractivity contribution in [3.05, 3.63) is 91.6 Å². The summed E-state index contributed by atoms with van der Waals surface area (Å²) >= 11 is 1.57. The lowest BCUT2D eigenvalue weighted by atomic mass is 10.0. The van der Waals surface area contributed by atoms with Crippen molar-refractivity contribution in [1.29, 1.82) is 0 Å². The fourth-order valence-corrected chi connectivity index (χ4v) is 4.59. The van der Waals surface area contributed by atoms with Crippen molar-refractivity contribution < 1.29 is 14.1 Å². The van der Waals surface area contributed by atoms with E-state index in [1.54, 1.807) is 30.8 Å². The molecule has 1 atom stereocenters. The van der Waals surface area contributed by atoms with Gasteiger partial charge in [-0.2, -0.15) is 5.10 Å². The third-order valence-corrected chi connectivity index (χ3v) is 6.07. The van der Waals surface area contributed by atoms with Gasteiger partial charge in [0.05, 0.1) is 11.0 Å². The van der Waals surface area contributed by atoms with Gasteiger partial charge in [-0.3, -0.25) is 19.7 Å². The summed E-state index contributed by atoms with van der Waals surface area (Å²) < 4.78 is 14.9. The number of aryl methyl sites for hydroxylation is 1. The highest BCUT2D eigenvalue weighted by atomic mass is 32.2. The number of halogens is 1. The number of carbonyl (C=O) groups excluding carboxylic acids is 1. The van der Waals surface area contributed by atoms with Gasteiger partial charge in [0.2, 0.25) is 5.43 Å². The van der Waals surface area contributed by atoms with Gasteiger partial charge in [0.1, 0.15) is 11.5 Å². The molecule has 0 spiro atoms. The summed E-state index contributed by atoms with van der Waals surface area (Å²) in [7, 11) is 0. The van der Waals surface area contributed by atoms with Crippen LogP contribution in [0, 0.1) is 22.9 Å². The second-order valence-electron chi connectivity index (χ2n) is 7.00. The molecule has 0 bridgehead atoms. The second kappa shape index (κ2) is 8.31. The van der Waals surface area contributed by atoms with E-state index in [-0.39, 0.29) is 17.1 Å². The summed E-state index contributed by atoms with van der Waals surface area (Å²) in [6, 6.07) is 11.1. The monoisotopic (exact) mass is 440 g/mol. The molecule has 1 aliphatic rings. The Morgan fingerprint density at radius 2 is 2.06 bits per heavy atom. The number of nitrogens with one attached hydrogen (secondary N) is 1. The van der Waals surface area contributed by atoms with E-state index in [2.05, 4.69) is 10.4 Å². The maximum absolute atomic E-state index is 13.7. The number of hydrogen-bond acceptors (Lipinski definition) is 6. The lowest BCUT2D eigenvalue weighted by Gasteiger charge is -2.25. The minimum atomic E-state index is -0.718. The molecule has 1 aromatic heterocycles. The van der Waals surface area contributed by atoms with Gasteiger partial charge in [-0.1, -0.05) is 12.1 Å². The van der Waals surface area contributed by atoms with Crippen LogP contribution in [-0.4, -0.2) is 26.4 Å². The molecule has 3 aromatic rings. The van der Waals surface area contributed by atoms with Gasteiger partial charge in [-0.15, -0.1) is 11.8 Å². The van der Waals surface area contributed by atoms with Crippen LogP contribution in [0.15, 0.2) is 58.2 Å². The number of nitrogens with zero attached hydrogens (tertiary/aromatic N) is 3. The summed E-state index contributed by atoms with van der Waals surface area (Å²) in [5.74, 6) is -0.400. The van der Waals surface area contributed by atoms with Crippen LogP contribution in [-0.2, 0) is 0 Å². The first kappa shape index (κ1) is 20.7. The first-order chi connectivity index (χ1) is 14.8. The van der Waals surface area contributed by atoms with Crippen LogP contribution in [0.2, 0.25) is 0 Å². The Labute approximate surface area is 180 Å². The van der Waals surface area contributed by atoms with Crippen molar-refractivity contribution in [3.8, 4) is 5.69 Å². The normalized spacial score (nSPS) is 15.2. The number of benzene rings is 2. The van der Waals surface area contributed by atoms with E-state index in [4.69, 9.17) is 0 Å². The van der Waals surface area contributed by atoms with E-state index >= 15 is 0 Å². The molecule has 0 aliphatic carbocycles. The van der Waals surface area contributed by atoms with E-state index in [0.29, 0.717) is 17.7 Å². The molecule has 10 heteroatoms. The molecular formula is C21H17FN4O4S. The maximum atomic E-state index is 13.7. The largest absolute Gasteiger partial charge is 0.344 e. The van der Waals surface area contributed by atoms with Crippen LogP contribution < -0.4 is 10.7 Å². The van der Waals surface area contributed by atoms with Crippen LogP contribution in [0.3, 0.4) is 0 Å². The fraction of sp³-hybridized carbons (Fsp3) is 0.190. The topological polar surface area (TPSA) is 107 Å². The average molecular weight is 440 g/mol. The SMILES string of the molecule is Cc1cc(=O)c(C(=O)NC2CCSc3ccc(F)cc32)nn1-c1ccccc1[N+](=O)[O-]. The zero-order valence-electron chi connectivity index (χ0n) is 16.4. The molecule has 0 saturated heterocycles. The van der Waals surface area contributed by atoms with Gasteiger partial charge in [0.25, 0.3) is 11.6 Å². The molecule has 0 radical (unpaired) electrons. The molecule has 4 rings (SSSR count). The Kier molecular flexibility index (Phi) is 5.55. The molecule has 2 heterocycles. The smallest absolute Gasteiger partial charge is 0.294 e. The summed E-state index contributed by atoms with van der Waals surface area (Å²) in [6.07, 6.45) is 0.567. The Morgan fingerprint density at radius 1 is 1.29 bits per heavy atom. The average Bonchev–Trinajstić information content (AvgIpc) is 2.74. The number of nitro groups is 1. The number of carbonyl (C=O) groups is 1. The number of thioether (sulfide) groups is 1. The van der Waals surface area contributed by atoms with Crippen LogP contribution in [0.5, 0.6) is 0 Å². The predicted molar refractivity (Wildman–Crippen MR) is 113 cm³/mol. The van der Waals surface area contributed by atoms with Crippen molar-refractivity contribution in [2.75, 3.05) is 5.75 Å². The number of hydrogen-bond donors (Lipinski definition) is 1. The quantitative estimate of drug-likeness (QED) is 0.491. The van der Waals surface area contributed by atoms with Gasteiger partial charge in [0.15, 0.2) is 5.69 Å². The first-order valence-corrected chi connectivity index (χ1v) is 10.4. The number of rotatable bonds is 4. The minimum Gasteiger partial charge on any atom is -0.344 e. The Bertz CT molecular complexity index is 1260. The van der Waals surface area contributed by atoms with E-state index in [1.807, 2.05) is 0 Å². The highest BCUT2D eigenvalue weighted by molar-refractivity contribution is 7.99. The molecule has 8 nitrogen and oxygen atoms in total. The predicted octanol–water partition coefficient (Wildman–Crippen LogP) is 3.56. The molecule has 158 valence electrons. The van der Waals surface area contributed by atoms with Crippen molar-refractivity contribution >= 4 is 23.4 Å². The van der Waals surface area contributed by atoms with Gasteiger partial charge in [0, 0.05) is 28.5 Å². The maximum Gasteiger partial charge on any atom is 0.294 e. The zero-order chi connectivity index (χ0) is 22.1. The Hall–Kier alpha value is -3.53. The molecule has 1 N–H and O–H groups in total. The number of nitro benzene ring substituents is 1. The van der Waals surface area contributed by atoms with Gasteiger partial charge in [-0.05, 0) is 43.2 Å². The Balaban J connectivity index is 1.71. The van der Waals surface area contributed by atoms with Gasteiger partial charge < -0.3 is 5.32 Å². The van der Waals surface area contributed by atoms with Crippen LogP contribution >= 0.6 is 11.8 Å². The zero-order valence-corrected chi connectivity index (χ0v) is 17.2. The molecule has 0 fully saturated rings. The van der Waals surface area contributed by atoms with Gasteiger partial charge in [-0.25, -0.2) is 9.07 Å². The molecule has 1 amide bonds. The van der Waals surface area contributed by atoms with Crippen LogP contribution in [0.4, 0.5) is 10.1 Å². The van der Waals surface area contributed by atoms with E-state index in [9.17, 15) is 24.1 Å². The molecule has 31 heavy (non-hydrogen) atoms. The van der Waals surface area contributed by atoms with Crippen LogP contribution in [0.25, 0.3) is 5.69 Å². The van der Waals surface area contributed by atoms with Crippen LogP contribution in [0.1, 0.15) is 34.2 Å². The number of amides is 1. The van der Waals surface area contributed by atoms with Crippen molar-refractivity contribution in [2.24, 2.45) is 0 Å². The molecule has 1 aliphatic heterocycles. The lowest BCUT2D eigenvalue weighted by molar-refractivity contribution is -0.384. The summed E-state index contributed by atoms with van der Waals surface area (Å²) in [6.45, 7) is 1.57. The van der Waals surface area contributed by atoms with E-state index < -0.39 is 28.1 Å².